The zero-order valence-corrected chi connectivity index (χ0v) is 7.91. The summed E-state index contributed by atoms with van der Waals surface area (Å²) in [6, 6.07) is 3.99. The molecule has 0 aliphatic rings. The number of rotatable bonds is 1. The number of pyridine rings is 1. The van der Waals surface area contributed by atoms with E-state index in [0.29, 0.717) is 0 Å². The highest BCUT2D eigenvalue weighted by Crippen LogP contribution is 2.17. The fraction of sp³-hybridized carbons (Fsp3) is 0. The molecule has 3 heterocycles. The minimum absolute atomic E-state index is 0.940. The molecular formula is C11H8N4. The summed E-state index contributed by atoms with van der Waals surface area (Å²) in [7, 11) is 0. The van der Waals surface area contributed by atoms with Crippen LogP contribution in [-0.2, 0) is 0 Å². The molecule has 15 heavy (non-hydrogen) atoms. The van der Waals surface area contributed by atoms with Crippen molar-refractivity contribution in [1.82, 2.24) is 19.4 Å². The first kappa shape index (κ1) is 8.11. The van der Waals surface area contributed by atoms with Gasteiger partial charge in [0.2, 0.25) is 0 Å². The van der Waals surface area contributed by atoms with Gasteiger partial charge in [-0.15, -0.1) is 0 Å². The topological polar surface area (TPSA) is 43.1 Å². The zero-order valence-electron chi connectivity index (χ0n) is 7.91. The first-order valence-electron chi connectivity index (χ1n) is 4.61. The van der Waals surface area contributed by atoms with E-state index < -0.39 is 0 Å². The van der Waals surface area contributed by atoms with Crippen molar-refractivity contribution in [2.24, 2.45) is 0 Å². The van der Waals surface area contributed by atoms with Gasteiger partial charge in [0.25, 0.3) is 0 Å². The minimum atomic E-state index is 0.940. The number of hydrogen-bond acceptors (Lipinski definition) is 3. The standard InChI is InChI=1S/C11H8N4/c1-2-11-14-3-4-15(11)7-9(1)10-5-12-8-13-6-10/h1-8H. The average Bonchev–Trinajstić information content (AvgIpc) is 2.77. The summed E-state index contributed by atoms with van der Waals surface area (Å²) in [6.45, 7) is 0. The van der Waals surface area contributed by atoms with Gasteiger partial charge in [-0.1, -0.05) is 0 Å². The van der Waals surface area contributed by atoms with Crippen LogP contribution in [0.5, 0.6) is 0 Å². The Bertz CT molecular complexity index is 586. The van der Waals surface area contributed by atoms with Crippen molar-refractivity contribution in [3.63, 3.8) is 0 Å². The molecule has 0 N–H and O–H groups in total. The third kappa shape index (κ3) is 1.36. The van der Waals surface area contributed by atoms with E-state index in [1.807, 2.05) is 28.9 Å². The van der Waals surface area contributed by atoms with Gasteiger partial charge >= 0.3 is 0 Å². The van der Waals surface area contributed by atoms with Crippen LogP contribution in [-0.4, -0.2) is 19.4 Å². The van der Waals surface area contributed by atoms with Gasteiger partial charge in [0.05, 0.1) is 0 Å². The number of fused-ring (bicyclic) bond motifs is 1. The highest BCUT2D eigenvalue weighted by Gasteiger charge is 1.99. The van der Waals surface area contributed by atoms with Gasteiger partial charge in [0.15, 0.2) is 0 Å². The summed E-state index contributed by atoms with van der Waals surface area (Å²) in [6.07, 6.45) is 10.8. The Morgan fingerprint density at radius 3 is 2.73 bits per heavy atom. The van der Waals surface area contributed by atoms with Crippen molar-refractivity contribution in [3.05, 3.63) is 49.4 Å². The Morgan fingerprint density at radius 1 is 1.00 bits per heavy atom. The van der Waals surface area contributed by atoms with Crippen LogP contribution in [0.25, 0.3) is 16.8 Å². The van der Waals surface area contributed by atoms with Gasteiger partial charge in [0, 0.05) is 42.1 Å². The number of imidazole rings is 1. The molecule has 0 aliphatic heterocycles. The normalized spacial score (nSPS) is 10.7. The molecule has 0 spiro atoms. The lowest BCUT2D eigenvalue weighted by molar-refractivity contribution is 1.15. The van der Waals surface area contributed by atoms with Gasteiger partial charge in [0.1, 0.15) is 12.0 Å². The molecule has 0 aliphatic carbocycles. The molecule has 0 unspecified atom stereocenters. The molecule has 3 aromatic rings. The monoisotopic (exact) mass is 196 g/mol. The lowest BCUT2D eigenvalue weighted by atomic mass is 10.1. The summed E-state index contributed by atoms with van der Waals surface area (Å²) in [5.41, 5.74) is 3.03. The fourth-order valence-corrected chi connectivity index (χ4v) is 1.54. The lowest BCUT2D eigenvalue weighted by Gasteiger charge is -2.00. The molecule has 0 atom stereocenters. The summed E-state index contributed by atoms with van der Waals surface area (Å²) in [5, 5.41) is 0. The molecule has 0 radical (unpaired) electrons. The molecule has 0 saturated heterocycles. The Morgan fingerprint density at radius 2 is 1.87 bits per heavy atom. The van der Waals surface area contributed by atoms with Crippen molar-refractivity contribution in [3.8, 4) is 11.1 Å². The van der Waals surface area contributed by atoms with Crippen molar-refractivity contribution >= 4 is 5.65 Å². The Hall–Kier alpha value is -2.23. The van der Waals surface area contributed by atoms with E-state index in [9.17, 15) is 0 Å². The van der Waals surface area contributed by atoms with Crippen LogP contribution >= 0.6 is 0 Å². The van der Waals surface area contributed by atoms with Crippen molar-refractivity contribution in [1.29, 1.82) is 0 Å². The molecule has 3 aromatic heterocycles. The predicted octanol–water partition coefficient (Wildman–Crippen LogP) is 1.79. The third-order valence-electron chi connectivity index (χ3n) is 2.28. The van der Waals surface area contributed by atoms with E-state index in [2.05, 4.69) is 15.0 Å². The highest BCUT2D eigenvalue weighted by atomic mass is 15.0. The van der Waals surface area contributed by atoms with E-state index in [4.69, 9.17) is 0 Å². The number of aromatic nitrogens is 4. The van der Waals surface area contributed by atoms with Crippen molar-refractivity contribution < 1.29 is 0 Å². The minimum Gasteiger partial charge on any atom is -0.306 e. The molecule has 4 heteroatoms. The van der Waals surface area contributed by atoms with Gasteiger partial charge in [-0.3, -0.25) is 0 Å². The Kier molecular flexibility index (Phi) is 1.71. The molecule has 4 nitrogen and oxygen atoms in total. The van der Waals surface area contributed by atoms with Gasteiger partial charge in [-0.25, -0.2) is 15.0 Å². The van der Waals surface area contributed by atoms with Crippen molar-refractivity contribution in [2.45, 2.75) is 0 Å². The molecule has 72 valence electrons. The number of nitrogens with zero attached hydrogens (tertiary/aromatic N) is 4. The molecule has 0 saturated carbocycles. The third-order valence-corrected chi connectivity index (χ3v) is 2.28. The van der Waals surface area contributed by atoms with E-state index in [0.717, 1.165) is 16.8 Å². The van der Waals surface area contributed by atoms with E-state index in [-0.39, 0.29) is 0 Å². The van der Waals surface area contributed by atoms with Gasteiger partial charge in [-0.05, 0) is 12.1 Å². The maximum absolute atomic E-state index is 4.19. The SMILES string of the molecule is c1ncc(-c2ccc3nccn3c2)cn1. The summed E-state index contributed by atoms with van der Waals surface area (Å²) in [5.74, 6) is 0. The zero-order chi connectivity index (χ0) is 10.1. The van der Waals surface area contributed by atoms with Gasteiger partial charge in [-0.2, -0.15) is 0 Å². The van der Waals surface area contributed by atoms with E-state index in [1.54, 1.807) is 18.6 Å². The molecule has 0 bridgehead atoms. The Balaban J connectivity index is 2.19. The smallest absolute Gasteiger partial charge is 0.136 e. The van der Waals surface area contributed by atoms with E-state index in [1.165, 1.54) is 6.33 Å². The first-order chi connectivity index (χ1) is 7.43. The second kappa shape index (κ2) is 3.16. The first-order valence-corrected chi connectivity index (χ1v) is 4.61. The van der Waals surface area contributed by atoms with Crippen LogP contribution in [0.15, 0.2) is 49.4 Å². The predicted molar refractivity (Wildman–Crippen MR) is 56.2 cm³/mol. The quantitative estimate of drug-likeness (QED) is 0.596. The second-order valence-electron chi connectivity index (χ2n) is 3.24. The van der Waals surface area contributed by atoms with Gasteiger partial charge < -0.3 is 4.40 Å². The van der Waals surface area contributed by atoms with Crippen LogP contribution in [0.3, 0.4) is 0 Å². The molecule has 0 fully saturated rings. The molecule has 0 amide bonds. The van der Waals surface area contributed by atoms with Crippen molar-refractivity contribution in [2.75, 3.05) is 0 Å². The largest absolute Gasteiger partial charge is 0.306 e. The van der Waals surface area contributed by atoms with Crippen LogP contribution in [0.2, 0.25) is 0 Å². The van der Waals surface area contributed by atoms with Crippen LogP contribution in [0.1, 0.15) is 0 Å². The molecule has 0 aromatic carbocycles. The van der Waals surface area contributed by atoms with Crippen LogP contribution < -0.4 is 0 Å². The molecular weight excluding hydrogens is 188 g/mol. The van der Waals surface area contributed by atoms with Crippen LogP contribution in [0, 0.1) is 0 Å². The van der Waals surface area contributed by atoms with E-state index >= 15 is 0 Å². The summed E-state index contributed by atoms with van der Waals surface area (Å²) < 4.78 is 1.97. The maximum Gasteiger partial charge on any atom is 0.136 e. The number of hydrogen-bond donors (Lipinski definition) is 0. The fourth-order valence-electron chi connectivity index (χ4n) is 1.54. The second-order valence-corrected chi connectivity index (χ2v) is 3.24. The lowest BCUT2D eigenvalue weighted by Crippen LogP contribution is -1.86. The average molecular weight is 196 g/mol. The van der Waals surface area contributed by atoms with Crippen LogP contribution in [0.4, 0.5) is 0 Å². The molecule has 3 rings (SSSR count). The summed E-state index contributed by atoms with van der Waals surface area (Å²) in [4.78, 5) is 12.2. The maximum atomic E-state index is 4.19. The Labute approximate surface area is 86.3 Å². The summed E-state index contributed by atoms with van der Waals surface area (Å²) >= 11 is 0. The highest BCUT2D eigenvalue weighted by molar-refractivity contribution is 5.62.